The number of hydrogen-bond acceptors (Lipinski definition) is 5. The predicted molar refractivity (Wildman–Crippen MR) is 73.8 cm³/mol. The lowest BCUT2D eigenvalue weighted by Crippen LogP contribution is -2.43. The Morgan fingerprint density at radius 1 is 1.56 bits per heavy atom. The minimum absolute atomic E-state index is 0. The first-order valence-electron chi connectivity index (χ1n) is 5.26. The number of nitrogens with two attached hydrogens (primary N) is 1. The van der Waals surface area contributed by atoms with Gasteiger partial charge in [-0.15, -0.1) is 24.8 Å². The molecule has 1 aliphatic rings. The SMILES string of the molecule is Cl.Cl.Cn1ncc([N+](=O)[O-])c1N1CCC[C@H](N)C1. The minimum Gasteiger partial charge on any atom is -0.350 e. The standard InChI is InChI=1S/C9H15N5O2.2ClH/c1-12-9(8(5-11-12)14(15)16)13-4-2-3-7(10)6-13;;/h5,7H,2-4,6,10H2,1H3;2*1H/t7-;;/m0../s1. The summed E-state index contributed by atoms with van der Waals surface area (Å²) in [5, 5.41) is 14.8. The first kappa shape index (κ1) is 16.9. The van der Waals surface area contributed by atoms with Crippen LogP contribution in [0.1, 0.15) is 12.8 Å². The molecule has 0 spiro atoms. The Labute approximate surface area is 117 Å². The van der Waals surface area contributed by atoms with Crippen molar-refractivity contribution in [2.45, 2.75) is 18.9 Å². The first-order chi connectivity index (χ1) is 7.59. The molecular formula is C9H17Cl2N5O2. The van der Waals surface area contributed by atoms with Crippen molar-refractivity contribution in [2.24, 2.45) is 12.8 Å². The molecule has 2 N–H and O–H groups in total. The van der Waals surface area contributed by atoms with E-state index >= 15 is 0 Å². The molecule has 9 heteroatoms. The summed E-state index contributed by atoms with van der Waals surface area (Å²) in [5.41, 5.74) is 5.92. The average molecular weight is 298 g/mol. The number of aryl methyl sites for hydroxylation is 1. The van der Waals surface area contributed by atoms with Crippen LogP contribution in [-0.4, -0.2) is 33.8 Å². The van der Waals surface area contributed by atoms with E-state index in [0.29, 0.717) is 12.4 Å². The highest BCUT2D eigenvalue weighted by Gasteiger charge is 2.27. The van der Waals surface area contributed by atoms with Crippen LogP contribution in [0.2, 0.25) is 0 Å². The van der Waals surface area contributed by atoms with Gasteiger partial charge < -0.3 is 10.6 Å². The monoisotopic (exact) mass is 297 g/mol. The Hall–Kier alpha value is -1.05. The highest BCUT2D eigenvalue weighted by molar-refractivity contribution is 5.85. The third-order valence-electron chi connectivity index (χ3n) is 2.84. The van der Waals surface area contributed by atoms with Crippen molar-refractivity contribution in [3.63, 3.8) is 0 Å². The van der Waals surface area contributed by atoms with Crippen molar-refractivity contribution in [1.82, 2.24) is 9.78 Å². The van der Waals surface area contributed by atoms with Gasteiger partial charge in [0.05, 0.1) is 4.92 Å². The van der Waals surface area contributed by atoms with Gasteiger partial charge in [0.1, 0.15) is 6.20 Å². The number of rotatable bonds is 2. The second-order valence-electron chi connectivity index (χ2n) is 4.08. The number of nitro groups is 1. The highest BCUT2D eigenvalue weighted by Crippen LogP contribution is 2.28. The zero-order valence-corrected chi connectivity index (χ0v) is 11.6. The van der Waals surface area contributed by atoms with Crippen LogP contribution in [0.3, 0.4) is 0 Å². The number of aromatic nitrogens is 2. The van der Waals surface area contributed by atoms with Crippen LogP contribution in [0.25, 0.3) is 0 Å². The van der Waals surface area contributed by atoms with Crippen molar-refractivity contribution in [1.29, 1.82) is 0 Å². The Kier molecular flexibility index (Phi) is 6.37. The number of piperidine rings is 1. The van der Waals surface area contributed by atoms with Gasteiger partial charge in [0.25, 0.3) is 0 Å². The molecule has 18 heavy (non-hydrogen) atoms. The molecule has 104 valence electrons. The number of hydrogen-bond donors (Lipinski definition) is 1. The quantitative estimate of drug-likeness (QED) is 0.652. The Bertz CT molecular complexity index is 412. The van der Waals surface area contributed by atoms with Gasteiger partial charge in [0.15, 0.2) is 0 Å². The predicted octanol–water partition coefficient (Wildman–Crippen LogP) is 1.10. The van der Waals surface area contributed by atoms with E-state index in [1.165, 1.54) is 10.9 Å². The number of anilines is 1. The molecule has 0 aromatic carbocycles. The molecule has 1 aliphatic heterocycles. The second-order valence-corrected chi connectivity index (χ2v) is 4.08. The first-order valence-corrected chi connectivity index (χ1v) is 5.26. The van der Waals surface area contributed by atoms with Gasteiger partial charge in [-0.05, 0) is 12.8 Å². The fourth-order valence-electron chi connectivity index (χ4n) is 2.12. The summed E-state index contributed by atoms with van der Waals surface area (Å²) >= 11 is 0. The van der Waals surface area contributed by atoms with Crippen LogP contribution in [0.4, 0.5) is 11.5 Å². The van der Waals surface area contributed by atoms with Crippen molar-refractivity contribution >= 4 is 36.3 Å². The molecule has 2 rings (SSSR count). The van der Waals surface area contributed by atoms with Crippen LogP contribution in [0.15, 0.2) is 6.20 Å². The Balaban J connectivity index is 0.00000144. The van der Waals surface area contributed by atoms with Crippen molar-refractivity contribution in [2.75, 3.05) is 18.0 Å². The van der Waals surface area contributed by atoms with Gasteiger partial charge in [-0.3, -0.25) is 10.1 Å². The zero-order valence-electron chi connectivity index (χ0n) is 9.98. The summed E-state index contributed by atoms with van der Waals surface area (Å²) < 4.78 is 1.54. The molecule has 1 saturated heterocycles. The van der Waals surface area contributed by atoms with Gasteiger partial charge >= 0.3 is 5.69 Å². The molecule has 1 aromatic heterocycles. The average Bonchev–Trinajstić information content (AvgIpc) is 2.60. The van der Waals surface area contributed by atoms with E-state index in [9.17, 15) is 10.1 Å². The second kappa shape index (κ2) is 6.77. The highest BCUT2D eigenvalue weighted by atomic mass is 35.5. The third kappa shape index (κ3) is 3.24. The topological polar surface area (TPSA) is 90.2 Å². The fourth-order valence-corrected chi connectivity index (χ4v) is 2.12. The van der Waals surface area contributed by atoms with E-state index in [2.05, 4.69) is 5.10 Å². The largest absolute Gasteiger partial charge is 0.350 e. The van der Waals surface area contributed by atoms with Crippen LogP contribution in [0.5, 0.6) is 0 Å². The maximum absolute atomic E-state index is 10.9. The Morgan fingerprint density at radius 2 is 2.22 bits per heavy atom. The molecule has 1 aromatic rings. The molecule has 0 radical (unpaired) electrons. The molecule has 0 bridgehead atoms. The summed E-state index contributed by atoms with van der Waals surface area (Å²) in [6, 6.07) is 0.0863. The van der Waals surface area contributed by atoms with Gasteiger partial charge in [-0.25, -0.2) is 4.68 Å². The molecule has 0 saturated carbocycles. The third-order valence-corrected chi connectivity index (χ3v) is 2.84. The van der Waals surface area contributed by atoms with E-state index in [1.54, 1.807) is 7.05 Å². The zero-order chi connectivity index (χ0) is 11.7. The van der Waals surface area contributed by atoms with E-state index in [1.807, 2.05) is 4.90 Å². The number of halogens is 2. The van der Waals surface area contributed by atoms with Crippen LogP contribution in [0, 0.1) is 10.1 Å². The van der Waals surface area contributed by atoms with E-state index < -0.39 is 4.92 Å². The van der Waals surface area contributed by atoms with Crippen molar-refractivity contribution in [3.8, 4) is 0 Å². The summed E-state index contributed by atoms with van der Waals surface area (Å²) in [6.45, 7) is 1.45. The lowest BCUT2D eigenvalue weighted by molar-refractivity contribution is -0.384. The van der Waals surface area contributed by atoms with E-state index in [0.717, 1.165) is 19.4 Å². The molecular weight excluding hydrogens is 281 g/mol. The fraction of sp³-hybridized carbons (Fsp3) is 0.667. The molecule has 1 atom stereocenters. The summed E-state index contributed by atoms with van der Waals surface area (Å²) in [6.07, 6.45) is 3.22. The smallest absolute Gasteiger partial charge is 0.331 e. The van der Waals surface area contributed by atoms with Gasteiger partial charge in [-0.2, -0.15) is 5.10 Å². The van der Waals surface area contributed by atoms with E-state index in [4.69, 9.17) is 5.73 Å². The minimum atomic E-state index is -0.400. The lowest BCUT2D eigenvalue weighted by atomic mass is 10.1. The summed E-state index contributed by atoms with van der Waals surface area (Å²) in [5.74, 6) is 0.556. The maximum atomic E-state index is 10.9. The van der Waals surface area contributed by atoms with Gasteiger partial charge in [0, 0.05) is 26.2 Å². The van der Waals surface area contributed by atoms with Gasteiger partial charge in [0.2, 0.25) is 5.82 Å². The number of nitrogens with zero attached hydrogens (tertiary/aromatic N) is 4. The van der Waals surface area contributed by atoms with Crippen LogP contribution >= 0.6 is 24.8 Å². The molecule has 7 nitrogen and oxygen atoms in total. The van der Waals surface area contributed by atoms with Crippen LogP contribution in [-0.2, 0) is 7.05 Å². The van der Waals surface area contributed by atoms with Gasteiger partial charge in [-0.1, -0.05) is 0 Å². The molecule has 1 fully saturated rings. The molecule has 0 amide bonds. The maximum Gasteiger partial charge on any atom is 0.331 e. The lowest BCUT2D eigenvalue weighted by Gasteiger charge is -2.31. The van der Waals surface area contributed by atoms with E-state index in [-0.39, 0.29) is 36.5 Å². The Morgan fingerprint density at radius 3 is 2.78 bits per heavy atom. The molecule has 2 heterocycles. The normalized spacial score (nSPS) is 18.8. The van der Waals surface area contributed by atoms with Crippen LogP contribution < -0.4 is 10.6 Å². The summed E-state index contributed by atoms with van der Waals surface area (Å²) in [7, 11) is 1.71. The van der Waals surface area contributed by atoms with Crippen molar-refractivity contribution < 1.29 is 4.92 Å². The molecule has 0 unspecified atom stereocenters. The molecule has 0 aliphatic carbocycles. The summed E-state index contributed by atoms with van der Waals surface area (Å²) in [4.78, 5) is 12.4. The van der Waals surface area contributed by atoms with Crippen molar-refractivity contribution in [3.05, 3.63) is 16.3 Å².